The Bertz CT molecular complexity index is 908. The van der Waals surface area contributed by atoms with Gasteiger partial charge in [0.1, 0.15) is 5.03 Å². The molecule has 1 aliphatic rings. The van der Waals surface area contributed by atoms with Gasteiger partial charge in [-0.1, -0.05) is 23.9 Å². The fourth-order valence-corrected chi connectivity index (χ4v) is 4.46. The molecule has 0 radical (unpaired) electrons. The smallest absolute Gasteiger partial charge is 0.340 e. The van der Waals surface area contributed by atoms with E-state index >= 15 is 0 Å². The van der Waals surface area contributed by atoms with Crippen molar-refractivity contribution >= 4 is 23.4 Å². The molecule has 2 aromatic rings. The van der Waals surface area contributed by atoms with Crippen LogP contribution in [0.15, 0.2) is 34.1 Å². The summed E-state index contributed by atoms with van der Waals surface area (Å²) in [5.74, 6) is 0.170. The summed E-state index contributed by atoms with van der Waals surface area (Å²) in [5.41, 5.74) is 3.99. The number of thioether (sulfide) groups is 1. The fourth-order valence-electron chi connectivity index (χ4n) is 3.58. The fraction of sp³-hybridized carbons (Fsp3) is 0.476. The molecule has 150 valence electrons. The van der Waals surface area contributed by atoms with Crippen LogP contribution in [0.1, 0.15) is 29.7 Å². The van der Waals surface area contributed by atoms with Crippen LogP contribution in [-0.2, 0) is 24.2 Å². The van der Waals surface area contributed by atoms with Crippen LogP contribution < -0.4 is 15.9 Å². The van der Waals surface area contributed by atoms with E-state index in [1.54, 1.807) is 0 Å². The minimum absolute atomic E-state index is 0.0812. The number of nitrogens with one attached hydrogen (secondary N) is 2. The van der Waals surface area contributed by atoms with Crippen molar-refractivity contribution in [1.82, 2.24) is 9.55 Å². The van der Waals surface area contributed by atoms with E-state index < -0.39 is 0 Å². The maximum absolute atomic E-state index is 12.6. The molecule has 7 heteroatoms. The number of quaternary nitrogens is 1. The highest BCUT2D eigenvalue weighted by molar-refractivity contribution is 8.00. The first-order chi connectivity index (χ1) is 13.4. The second-order valence-corrected chi connectivity index (χ2v) is 8.61. The molecule has 0 unspecified atom stereocenters. The number of carbonyl (C=O) groups excluding carboxylic acids is 1. The highest BCUT2D eigenvalue weighted by Crippen LogP contribution is 2.29. The summed E-state index contributed by atoms with van der Waals surface area (Å²) < 4.78 is 1.85. The second-order valence-electron chi connectivity index (χ2n) is 7.65. The van der Waals surface area contributed by atoms with Gasteiger partial charge in [0.05, 0.1) is 26.4 Å². The number of amides is 1. The van der Waals surface area contributed by atoms with E-state index in [4.69, 9.17) is 0 Å². The number of nitrogens with zero attached hydrogens (tertiary/aromatic N) is 2. The maximum atomic E-state index is 12.6. The topological polar surface area (TPSA) is 68.4 Å². The molecular formula is C21H29N4O2S+. The van der Waals surface area contributed by atoms with Crippen LogP contribution in [0.4, 0.5) is 5.69 Å². The molecule has 1 aromatic carbocycles. The lowest BCUT2D eigenvalue weighted by Crippen LogP contribution is -3.05. The summed E-state index contributed by atoms with van der Waals surface area (Å²) in [6.07, 6.45) is 3.86. The van der Waals surface area contributed by atoms with Crippen molar-refractivity contribution in [3.05, 3.63) is 51.6 Å². The molecular weight excluding hydrogens is 372 g/mol. The predicted octanol–water partition coefficient (Wildman–Crippen LogP) is 1.31. The summed E-state index contributed by atoms with van der Waals surface area (Å²) in [7, 11) is 4.24. The van der Waals surface area contributed by atoms with Crippen LogP contribution in [0.3, 0.4) is 0 Å². The third kappa shape index (κ3) is 5.23. The van der Waals surface area contributed by atoms with Crippen LogP contribution in [-0.4, -0.2) is 41.9 Å². The zero-order valence-electron chi connectivity index (χ0n) is 16.9. The van der Waals surface area contributed by atoms with Gasteiger partial charge < -0.3 is 10.2 Å². The number of benzene rings is 1. The highest BCUT2D eigenvalue weighted by atomic mass is 32.2. The zero-order valence-corrected chi connectivity index (χ0v) is 17.7. The molecule has 0 atom stereocenters. The average molecular weight is 402 g/mol. The Labute approximate surface area is 170 Å². The van der Waals surface area contributed by atoms with Gasteiger partial charge in [-0.05, 0) is 43.9 Å². The lowest BCUT2D eigenvalue weighted by atomic mass is 10.2. The van der Waals surface area contributed by atoms with Gasteiger partial charge in [-0.15, -0.1) is 0 Å². The molecule has 0 spiro atoms. The molecule has 0 saturated carbocycles. The Morgan fingerprint density at radius 3 is 2.89 bits per heavy atom. The molecule has 0 bridgehead atoms. The Kier molecular flexibility index (Phi) is 6.91. The van der Waals surface area contributed by atoms with E-state index in [0.29, 0.717) is 0 Å². The van der Waals surface area contributed by atoms with Gasteiger partial charge in [-0.25, -0.2) is 4.79 Å². The molecule has 1 amide bonds. The maximum Gasteiger partial charge on any atom is 0.348 e. The number of hydrogen-bond donors (Lipinski definition) is 2. The summed E-state index contributed by atoms with van der Waals surface area (Å²) in [6.45, 7) is 3.74. The molecule has 0 aliphatic heterocycles. The van der Waals surface area contributed by atoms with Crippen molar-refractivity contribution < 1.29 is 9.69 Å². The van der Waals surface area contributed by atoms with E-state index in [2.05, 4.69) is 24.4 Å². The summed E-state index contributed by atoms with van der Waals surface area (Å²) in [6, 6.07) is 7.73. The van der Waals surface area contributed by atoms with Gasteiger partial charge in [0.2, 0.25) is 5.91 Å². The first-order valence-electron chi connectivity index (χ1n) is 9.85. The lowest BCUT2D eigenvalue weighted by molar-refractivity contribution is -0.858. The first kappa shape index (κ1) is 20.6. The number of rotatable bonds is 8. The summed E-state index contributed by atoms with van der Waals surface area (Å²) in [5, 5.41) is 3.64. The third-order valence-electron chi connectivity index (χ3n) is 4.90. The third-order valence-corrected chi connectivity index (χ3v) is 5.92. The SMILES string of the molecule is Cc1cccc(NC(=O)CSc2nc(=O)n(CCC[NH+](C)C)c3c2CCC3)c1. The first-order valence-corrected chi connectivity index (χ1v) is 10.8. The molecule has 0 fully saturated rings. The van der Waals surface area contributed by atoms with Crippen molar-refractivity contribution in [3.8, 4) is 0 Å². The number of hydrogen-bond acceptors (Lipinski definition) is 4. The minimum Gasteiger partial charge on any atom is -0.340 e. The molecule has 2 N–H and O–H groups in total. The predicted molar refractivity (Wildman–Crippen MR) is 113 cm³/mol. The molecule has 28 heavy (non-hydrogen) atoms. The van der Waals surface area contributed by atoms with Crippen LogP contribution in [0.2, 0.25) is 0 Å². The van der Waals surface area contributed by atoms with E-state index in [1.807, 2.05) is 35.8 Å². The molecule has 0 saturated heterocycles. The van der Waals surface area contributed by atoms with Gasteiger partial charge in [-0.3, -0.25) is 9.36 Å². The quantitative estimate of drug-likeness (QED) is 0.517. The number of fused-ring (bicyclic) bond motifs is 1. The van der Waals surface area contributed by atoms with E-state index in [9.17, 15) is 9.59 Å². The second kappa shape index (κ2) is 9.39. The van der Waals surface area contributed by atoms with Gasteiger partial charge >= 0.3 is 5.69 Å². The zero-order chi connectivity index (χ0) is 20.1. The van der Waals surface area contributed by atoms with Gasteiger partial charge in [0.15, 0.2) is 0 Å². The van der Waals surface area contributed by atoms with Crippen molar-refractivity contribution in [1.29, 1.82) is 0 Å². The minimum atomic E-state index is -0.184. The largest absolute Gasteiger partial charge is 0.348 e. The molecule has 1 aromatic heterocycles. The Hall–Kier alpha value is -2.12. The summed E-state index contributed by atoms with van der Waals surface area (Å²) >= 11 is 1.37. The molecule has 1 heterocycles. The number of anilines is 1. The lowest BCUT2D eigenvalue weighted by Gasteiger charge is -2.15. The highest BCUT2D eigenvalue weighted by Gasteiger charge is 2.22. The van der Waals surface area contributed by atoms with Crippen LogP contribution in [0, 0.1) is 6.92 Å². The molecule has 6 nitrogen and oxygen atoms in total. The van der Waals surface area contributed by atoms with Gasteiger partial charge in [-0.2, -0.15) is 4.98 Å². The van der Waals surface area contributed by atoms with Crippen molar-refractivity contribution in [3.63, 3.8) is 0 Å². The molecule has 1 aliphatic carbocycles. The van der Waals surface area contributed by atoms with E-state index in [-0.39, 0.29) is 17.3 Å². The molecule has 3 rings (SSSR count). The number of aryl methyl sites for hydroxylation is 1. The van der Waals surface area contributed by atoms with E-state index in [0.717, 1.165) is 66.3 Å². The number of aromatic nitrogens is 2. The Morgan fingerprint density at radius 1 is 1.32 bits per heavy atom. The number of carbonyl (C=O) groups is 1. The Morgan fingerprint density at radius 2 is 2.14 bits per heavy atom. The van der Waals surface area contributed by atoms with Crippen molar-refractivity contribution in [2.75, 3.05) is 31.7 Å². The van der Waals surface area contributed by atoms with Crippen LogP contribution >= 0.6 is 11.8 Å². The van der Waals surface area contributed by atoms with E-state index in [1.165, 1.54) is 16.7 Å². The van der Waals surface area contributed by atoms with Gasteiger partial charge in [0, 0.05) is 29.9 Å². The summed E-state index contributed by atoms with van der Waals surface area (Å²) in [4.78, 5) is 30.6. The standard InChI is InChI=1S/C21H28N4O2S/c1-15-7-4-8-16(13-15)22-19(26)14-28-20-17-9-5-10-18(17)25(21(27)23-20)12-6-11-24(2)3/h4,7-8,13H,5-6,9-12,14H2,1-3H3,(H,22,26)/p+1. The normalized spacial score (nSPS) is 13.0. The monoisotopic (exact) mass is 401 g/mol. The van der Waals surface area contributed by atoms with Crippen molar-refractivity contribution in [2.45, 2.75) is 44.2 Å². The average Bonchev–Trinajstić information content (AvgIpc) is 3.11. The van der Waals surface area contributed by atoms with Crippen LogP contribution in [0.5, 0.6) is 0 Å². The van der Waals surface area contributed by atoms with Crippen molar-refractivity contribution in [2.24, 2.45) is 0 Å². The van der Waals surface area contributed by atoms with Crippen LogP contribution in [0.25, 0.3) is 0 Å². The Balaban J connectivity index is 1.67. The van der Waals surface area contributed by atoms with Gasteiger partial charge in [0.25, 0.3) is 0 Å².